The fourth-order valence-electron chi connectivity index (χ4n) is 3.50. The van der Waals surface area contributed by atoms with Crippen molar-refractivity contribution >= 4 is 52.9 Å². The Morgan fingerprint density at radius 2 is 1.46 bits per heavy atom. The van der Waals surface area contributed by atoms with E-state index in [4.69, 9.17) is 28.3 Å². The smallest absolute Gasteiger partial charge is 0.326 e. The molecule has 1 aromatic rings. The number of halogens is 2. The highest BCUT2D eigenvalue weighted by Gasteiger charge is 2.32. The topological polar surface area (TPSA) is 194 Å². The number of carboxylic acids is 2. The minimum atomic E-state index is -1.47. The number of hydrogen-bond acceptors (Lipinski definition) is 7. The third-order valence-electron chi connectivity index (χ3n) is 5.80. The molecule has 0 saturated carbocycles. The van der Waals surface area contributed by atoms with Crippen LogP contribution in [-0.4, -0.2) is 81.8 Å². The maximum Gasteiger partial charge on any atom is 0.326 e. The number of carbonyl (C=O) groups excluding carboxylic acids is 3. The molecule has 0 fully saturated rings. The SMILES string of the molecule is CC(C)[C@H](NC(=O)[C@H](C)NC(=O)[C@@H](NC(=O)[C@H](CCC(=O)O)NCCc1ccc(Cl)c(Cl)c1)[C@@H](C)O)C(=O)O. The number of nitrogens with one attached hydrogen (secondary N) is 4. The Hall–Kier alpha value is -2.93. The molecule has 0 aromatic heterocycles. The van der Waals surface area contributed by atoms with Gasteiger partial charge in [-0.15, -0.1) is 0 Å². The zero-order valence-corrected chi connectivity index (χ0v) is 23.7. The van der Waals surface area contributed by atoms with Crippen molar-refractivity contribution in [3.8, 4) is 0 Å². The summed E-state index contributed by atoms with van der Waals surface area (Å²) in [5, 5.41) is 39.3. The summed E-state index contributed by atoms with van der Waals surface area (Å²) in [5.41, 5.74) is 0.824. The molecule has 3 amide bonds. The minimum absolute atomic E-state index is 0.0960. The van der Waals surface area contributed by atoms with E-state index in [0.29, 0.717) is 16.5 Å². The van der Waals surface area contributed by atoms with Crippen LogP contribution in [0, 0.1) is 5.92 Å². The van der Waals surface area contributed by atoms with Crippen molar-refractivity contribution in [2.24, 2.45) is 5.92 Å². The zero-order chi connectivity index (χ0) is 29.9. The summed E-state index contributed by atoms with van der Waals surface area (Å²) in [5.74, 6) is -5.14. The van der Waals surface area contributed by atoms with Crippen molar-refractivity contribution < 1.29 is 39.3 Å². The average Bonchev–Trinajstić information content (AvgIpc) is 2.83. The van der Waals surface area contributed by atoms with E-state index in [0.717, 1.165) is 5.56 Å². The molecule has 1 aromatic carbocycles. The molecule has 0 radical (unpaired) electrons. The molecule has 0 aliphatic carbocycles. The zero-order valence-electron chi connectivity index (χ0n) is 22.2. The first-order valence-corrected chi connectivity index (χ1v) is 13.1. The number of aliphatic hydroxyl groups excluding tert-OH is 1. The van der Waals surface area contributed by atoms with E-state index in [9.17, 15) is 34.2 Å². The normalized spacial score (nSPS) is 15.0. The summed E-state index contributed by atoms with van der Waals surface area (Å²) in [7, 11) is 0. The van der Waals surface area contributed by atoms with E-state index in [1.54, 1.807) is 32.0 Å². The summed E-state index contributed by atoms with van der Waals surface area (Å²) in [4.78, 5) is 60.7. The van der Waals surface area contributed by atoms with E-state index < -0.39 is 65.8 Å². The van der Waals surface area contributed by atoms with Gasteiger partial charge >= 0.3 is 11.9 Å². The van der Waals surface area contributed by atoms with Gasteiger partial charge in [0.25, 0.3) is 0 Å². The third-order valence-corrected chi connectivity index (χ3v) is 6.54. The molecule has 5 atom stereocenters. The van der Waals surface area contributed by atoms with Crippen molar-refractivity contribution in [3.63, 3.8) is 0 Å². The molecule has 0 saturated heterocycles. The number of carboxylic acid groups (broad SMARTS) is 2. The number of hydrogen-bond donors (Lipinski definition) is 7. The molecule has 0 aliphatic heterocycles. The van der Waals surface area contributed by atoms with Crippen LogP contribution in [0.1, 0.15) is 46.1 Å². The lowest BCUT2D eigenvalue weighted by atomic mass is 10.0. The molecule has 1 rings (SSSR count). The van der Waals surface area contributed by atoms with Crippen molar-refractivity contribution in [3.05, 3.63) is 33.8 Å². The van der Waals surface area contributed by atoms with Gasteiger partial charge in [0, 0.05) is 6.42 Å². The highest BCUT2D eigenvalue weighted by Crippen LogP contribution is 2.22. The molecule has 12 nitrogen and oxygen atoms in total. The fraction of sp³-hybridized carbons (Fsp3) is 0.560. The largest absolute Gasteiger partial charge is 0.481 e. The van der Waals surface area contributed by atoms with Crippen LogP contribution < -0.4 is 21.3 Å². The van der Waals surface area contributed by atoms with Gasteiger partial charge in [-0.25, -0.2) is 4.79 Å². The van der Waals surface area contributed by atoms with Gasteiger partial charge in [-0.1, -0.05) is 43.1 Å². The monoisotopic (exact) mass is 590 g/mol. The quantitative estimate of drug-likeness (QED) is 0.147. The highest BCUT2D eigenvalue weighted by atomic mass is 35.5. The molecular formula is C25H36Cl2N4O8. The van der Waals surface area contributed by atoms with Crippen LogP contribution in [-0.2, 0) is 30.4 Å². The second-order valence-electron chi connectivity index (χ2n) is 9.46. The standard InChI is InChI=1S/C25H36Cl2N4O8/c1-12(2)20(25(38)39)30-22(35)13(3)29-24(37)21(14(4)32)31-23(36)18(7-8-19(33)34)28-10-9-15-5-6-16(26)17(27)11-15/h5-6,11-14,18,20-21,28,32H,7-10H2,1-4H3,(H,29,37)(H,30,35)(H,31,36)(H,33,34)(H,38,39)/t13-,14+,18-,20-,21-/m0/s1. The molecule has 0 heterocycles. The van der Waals surface area contributed by atoms with E-state index in [-0.39, 0.29) is 19.4 Å². The Labute approximate surface area is 236 Å². The van der Waals surface area contributed by atoms with Crippen LogP contribution >= 0.6 is 23.2 Å². The van der Waals surface area contributed by atoms with Gasteiger partial charge in [-0.05, 0) is 56.8 Å². The van der Waals surface area contributed by atoms with Crippen LogP contribution in [0.5, 0.6) is 0 Å². The van der Waals surface area contributed by atoms with E-state index in [2.05, 4.69) is 21.3 Å². The first-order chi connectivity index (χ1) is 18.1. The van der Waals surface area contributed by atoms with E-state index in [1.807, 2.05) is 0 Å². The number of benzene rings is 1. The number of amides is 3. The second kappa shape index (κ2) is 16.2. The van der Waals surface area contributed by atoms with Crippen LogP contribution in [0.3, 0.4) is 0 Å². The van der Waals surface area contributed by atoms with Crippen LogP contribution in [0.4, 0.5) is 0 Å². The summed E-state index contributed by atoms with van der Waals surface area (Å²) in [6.07, 6.45) is -1.36. The van der Waals surface area contributed by atoms with Crippen LogP contribution in [0.15, 0.2) is 18.2 Å². The Kier molecular flexibility index (Phi) is 14.2. The molecule has 0 spiro atoms. The Morgan fingerprint density at radius 3 is 1.97 bits per heavy atom. The first-order valence-electron chi connectivity index (χ1n) is 12.3. The van der Waals surface area contributed by atoms with Crippen LogP contribution in [0.25, 0.3) is 0 Å². The van der Waals surface area contributed by atoms with Gasteiger partial charge in [-0.2, -0.15) is 0 Å². The fourth-order valence-corrected chi connectivity index (χ4v) is 3.82. The molecule has 7 N–H and O–H groups in total. The predicted molar refractivity (Wildman–Crippen MR) is 144 cm³/mol. The highest BCUT2D eigenvalue weighted by molar-refractivity contribution is 6.42. The molecule has 0 bridgehead atoms. The van der Waals surface area contributed by atoms with Gasteiger partial charge < -0.3 is 36.6 Å². The summed E-state index contributed by atoms with van der Waals surface area (Å²) >= 11 is 11.9. The van der Waals surface area contributed by atoms with Gasteiger partial charge in [-0.3, -0.25) is 19.2 Å². The average molecular weight is 591 g/mol. The maximum absolute atomic E-state index is 13.0. The van der Waals surface area contributed by atoms with Crippen molar-refractivity contribution in [1.29, 1.82) is 0 Å². The Morgan fingerprint density at radius 1 is 0.846 bits per heavy atom. The molecule has 14 heteroatoms. The van der Waals surface area contributed by atoms with E-state index >= 15 is 0 Å². The lowest BCUT2D eigenvalue weighted by molar-refractivity contribution is -0.143. The third kappa shape index (κ3) is 11.8. The lowest BCUT2D eigenvalue weighted by Crippen LogP contribution is -2.59. The molecular weight excluding hydrogens is 555 g/mol. The second-order valence-corrected chi connectivity index (χ2v) is 10.3. The number of rotatable bonds is 16. The molecule has 39 heavy (non-hydrogen) atoms. The minimum Gasteiger partial charge on any atom is -0.481 e. The molecule has 0 aliphatic rings. The van der Waals surface area contributed by atoms with Crippen molar-refractivity contribution in [2.45, 2.75) is 77.2 Å². The van der Waals surface area contributed by atoms with Gasteiger partial charge in [0.05, 0.1) is 22.2 Å². The molecule has 0 unspecified atom stereocenters. The predicted octanol–water partition coefficient (Wildman–Crippen LogP) is 0.955. The first kappa shape index (κ1) is 34.1. The van der Waals surface area contributed by atoms with Crippen molar-refractivity contribution in [2.75, 3.05) is 6.54 Å². The van der Waals surface area contributed by atoms with Crippen LogP contribution in [0.2, 0.25) is 10.0 Å². The maximum atomic E-state index is 13.0. The Balaban J connectivity index is 2.86. The number of carbonyl (C=O) groups is 5. The van der Waals surface area contributed by atoms with Gasteiger partial charge in [0.2, 0.25) is 17.7 Å². The van der Waals surface area contributed by atoms with E-state index in [1.165, 1.54) is 13.8 Å². The van der Waals surface area contributed by atoms with Gasteiger partial charge in [0.1, 0.15) is 18.1 Å². The number of aliphatic hydroxyl groups is 1. The van der Waals surface area contributed by atoms with Gasteiger partial charge in [0.15, 0.2) is 0 Å². The Bertz CT molecular complexity index is 1040. The van der Waals surface area contributed by atoms with Crippen molar-refractivity contribution in [1.82, 2.24) is 21.3 Å². The lowest BCUT2D eigenvalue weighted by Gasteiger charge is -2.26. The molecule has 218 valence electrons. The number of aliphatic carboxylic acids is 2. The summed E-state index contributed by atoms with van der Waals surface area (Å²) in [6.45, 7) is 6.08. The summed E-state index contributed by atoms with van der Waals surface area (Å²) < 4.78 is 0. The summed E-state index contributed by atoms with van der Waals surface area (Å²) in [6, 6.07) is 0.220.